The van der Waals surface area contributed by atoms with Gasteiger partial charge < -0.3 is 10.2 Å². The second kappa shape index (κ2) is 16.5. The van der Waals surface area contributed by atoms with Crippen LogP contribution in [0, 0.1) is 16.2 Å². The van der Waals surface area contributed by atoms with Gasteiger partial charge >= 0.3 is 0 Å². The number of hydrogen-bond donors (Lipinski definition) is 2. The highest BCUT2D eigenvalue weighted by atomic mass is 127. The van der Waals surface area contributed by atoms with Crippen molar-refractivity contribution in [2.45, 2.75) is 102 Å². The van der Waals surface area contributed by atoms with Gasteiger partial charge in [0.25, 0.3) is 0 Å². The number of allylic oxidation sites excluding steroid dienone is 19. The van der Waals surface area contributed by atoms with E-state index in [1.165, 1.54) is 16.7 Å². The first-order valence-corrected chi connectivity index (χ1v) is 18.0. The van der Waals surface area contributed by atoms with E-state index in [2.05, 4.69) is 143 Å². The predicted molar refractivity (Wildman–Crippen MR) is 211 cm³/mol. The number of alkyl halides is 2. The van der Waals surface area contributed by atoms with Gasteiger partial charge in [-0.05, 0) is 70.9 Å². The summed E-state index contributed by atoms with van der Waals surface area (Å²) in [6, 6.07) is 0. The summed E-state index contributed by atoms with van der Waals surface area (Å²) in [5, 5.41) is 20.7. The van der Waals surface area contributed by atoms with Gasteiger partial charge in [-0.15, -0.1) is 0 Å². The Morgan fingerprint density at radius 3 is 1.67 bits per heavy atom. The van der Waals surface area contributed by atoms with Crippen LogP contribution in [0.3, 0.4) is 0 Å². The van der Waals surface area contributed by atoms with E-state index in [1.54, 1.807) is 6.08 Å². The van der Waals surface area contributed by atoms with E-state index in [1.807, 2.05) is 50.3 Å². The number of carbonyl (C=O) groups excluding carboxylic acids is 1. The second-order valence-electron chi connectivity index (χ2n) is 14.2. The lowest BCUT2D eigenvalue weighted by molar-refractivity contribution is -0.127. The lowest BCUT2D eigenvalue weighted by atomic mass is 9.66. The van der Waals surface area contributed by atoms with Crippen LogP contribution in [0.2, 0.25) is 0 Å². The van der Waals surface area contributed by atoms with Crippen molar-refractivity contribution in [3.05, 3.63) is 119 Å². The van der Waals surface area contributed by atoms with Crippen LogP contribution in [0.4, 0.5) is 0 Å². The van der Waals surface area contributed by atoms with Crippen molar-refractivity contribution in [2.24, 2.45) is 16.2 Å². The molecular weight excluding hydrogens is 782 g/mol. The van der Waals surface area contributed by atoms with Crippen LogP contribution in [-0.4, -0.2) is 29.6 Å². The number of halogens is 2. The van der Waals surface area contributed by atoms with Crippen LogP contribution in [0.25, 0.3) is 0 Å². The third-order valence-corrected chi connectivity index (χ3v) is 13.7. The van der Waals surface area contributed by atoms with Crippen LogP contribution in [0.5, 0.6) is 0 Å². The van der Waals surface area contributed by atoms with Crippen molar-refractivity contribution < 1.29 is 15.0 Å². The molecule has 3 nitrogen and oxygen atoms in total. The zero-order chi connectivity index (χ0) is 34.2. The summed E-state index contributed by atoms with van der Waals surface area (Å²) in [6.07, 6.45) is 29.6. The Kier molecular flexibility index (Phi) is 14.5. The molecule has 0 aromatic carbocycles. The molecule has 0 aliphatic heterocycles. The van der Waals surface area contributed by atoms with Crippen molar-refractivity contribution in [3.63, 3.8) is 0 Å². The van der Waals surface area contributed by atoms with Crippen molar-refractivity contribution in [3.8, 4) is 0 Å². The van der Waals surface area contributed by atoms with Gasteiger partial charge in [0.05, 0.1) is 12.2 Å². The summed E-state index contributed by atoms with van der Waals surface area (Å²) in [4.78, 5) is 13.0. The molecule has 0 amide bonds. The molecule has 0 unspecified atom stereocenters. The largest absolute Gasteiger partial charge is 0.393 e. The van der Waals surface area contributed by atoms with Crippen LogP contribution in [-0.2, 0) is 4.79 Å². The molecule has 1 saturated carbocycles. The molecule has 3 atom stereocenters. The van der Waals surface area contributed by atoms with Gasteiger partial charge in [0.15, 0.2) is 5.78 Å². The summed E-state index contributed by atoms with van der Waals surface area (Å²) in [6.45, 7) is 20.9. The molecule has 246 valence electrons. The molecular formula is C40H54I2O3. The first kappa shape index (κ1) is 39.6. The van der Waals surface area contributed by atoms with Gasteiger partial charge in [-0.1, -0.05) is 187 Å². The lowest BCUT2D eigenvalue weighted by Gasteiger charge is -2.47. The third kappa shape index (κ3) is 10.5. The summed E-state index contributed by atoms with van der Waals surface area (Å²) >= 11 is 4.83. The summed E-state index contributed by atoms with van der Waals surface area (Å²) in [5.41, 5.74) is 6.14. The fourth-order valence-electron chi connectivity index (χ4n) is 6.02. The summed E-state index contributed by atoms with van der Waals surface area (Å²) < 4.78 is -0.243. The molecule has 2 aliphatic carbocycles. The Labute approximate surface area is 300 Å². The Morgan fingerprint density at radius 2 is 1.18 bits per heavy atom. The first-order chi connectivity index (χ1) is 20.7. The minimum absolute atomic E-state index is 0.0841. The van der Waals surface area contributed by atoms with Crippen molar-refractivity contribution in [1.29, 1.82) is 0 Å². The van der Waals surface area contributed by atoms with Crippen LogP contribution >= 0.6 is 45.2 Å². The molecule has 2 N–H and O–H groups in total. The highest BCUT2D eigenvalue weighted by Crippen LogP contribution is 2.57. The van der Waals surface area contributed by atoms with Crippen LogP contribution in [0.1, 0.15) is 88.5 Å². The fourth-order valence-corrected chi connectivity index (χ4v) is 7.04. The monoisotopic (exact) mass is 836 g/mol. The maximum absolute atomic E-state index is 13.0. The second-order valence-corrected chi connectivity index (χ2v) is 19.7. The van der Waals surface area contributed by atoms with E-state index in [9.17, 15) is 15.0 Å². The van der Waals surface area contributed by atoms with E-state index < -0.39 is 11.5 Å². The molecule has 5 heteroatoms. The number of ketones is 1. The maximum Gasteiger partial charge on any atom is 0.162 e. The molecule has 0 radical (unpaired) electrons. The van der Waals surface area contributed by atoms with Gasteiger partial charge in [0, 0.05) is 10.8 Å². The Hall–Kier alpha value is -1.55. The highest BCUT2D eigenvalue weighted by molar-refractivity contribution is 14.2. The molecule has 45 heavy (non-hydrogen) atoms. The van der Waals surface area contributed by atoms with Crippen molar-refractivity contribution in [2.75, 3.05) is 0 Å². The highest BCUT2D eigenvalue weighted by Gasteiger charge is 2.53. The summed E-state index contributed by atoms with van der Waals surface area (Å²) in [5.74, 6) is 0.0841. The number of aliphatic hydroxyl groups is 2. The molecule has 0 spiro atoms. The molecule has 0 heterocycles. The number of aliphatic hydroxyl groups excluding tert-OH is 2. The molecule has 0 bridgehead atoms. The minimum atomic E-state index is -0.534. The Morgan fingerprint density at radius 1 is 0.711 bits per heavy atom. The fraction of sp³-hybridized carbons (Fsp3) is 0.475. The summed E-state index contributed by atoms with van der Waals surface area (Å²) in [7, 11) is 0. The minimum Gasteiger partial charge on any atom is -0.393 e. The molecule has 2 aliphatic rings. The maximum atomic E-state index is 13.0. The van der Waals surface area contributed by atoms with Crippen molar-refractivity contribution >= 4 is 51.0 Å². The lowest BCUT2D eigenvalue weighted by Crippen LogP contribution is -2.47. The molecule has 0 aromatic rings. The number of carbonyl (C=O) groups is 1. The first-order valence-electron chi connectivity index (χ1n) is 15.8. The van der Waals surface area contributed by atoms with E-state index in [-0.39, 0.29) is 24.1 Å². The van der Waals surface area contributed by atoms with E-state index in [4.69, 9.17) is 0 Å². The van der Waals surface area contributed by atoms with Gasteiger partial charge in [0.2, 0.25) is 0 Å². The van der Waals surface area contributed by atoms with Crippen molar-refractivity contribution in [1.82, 2.24) is 0 Å². The van der Waals surface area contributed by atoms with Gasteiger partial charge in [-0.2, -0.15) is 0 Å². The Balaban J connectivity index is 1.92. The van der Waals surface area contributed by atoms with Crippen LogP contribution in [0.15, 0.2) is 119 Å². The third-order valence-electron chi connectivity index (χ3n) is 9.59. The normalized spacial score (nSPS) is 28.2. The predicted octanol–water partition coefficient (Wildman–Crippen LogP) is 11.0. The zero-order valence-corrected chi connectivity index (χ0v) is 33.2. The topological polar surface area (TPSA) is 57.5 Å². The quantitative estimate of drug-likeness (QED) is 0.0943. The van der Waals surface area contributed by atoms with E-state index >= 15 is 0 Å². The zero-order valence-electron chi connectivity index (χ0n) is 28.9. The SMILES string of the molecule is CC1=C(/C=C/C(C)=C/C=C/C(C)=C/C=C/C=C(C)/C=C/C=C(C)/C=C/C(=O)[C@]2(C)C[C@@H](O)CC2(C)C)C(C)(C)C(I)(I)[C@H](O)C1. The van der Waals surface area contributed by atoms with Gasteiger partial charge in [0.1, 0.15) is 1.43 Å². The number of hydrogen-bond acceptors (Lipinski definition) is 3. The molecule has 0 aromatic heterocycles. The van der Waals surface area contributed by atoms with Crippen LogP contribution < -0.4 is 0 Å². The van der Waals surface area contributed by atoms with Gasteiger partial charge in [-0.3, -0.25) is 4.79 Å². The molecule has 0 saturated heterocycles. The standard InChI is InChI=1S/C40H54I2O3/c1-28(17-13-19-30(3)21-23-34-32(5)25-36(45)40(41,42)38(34,8)9)15-11-12-16-29(2)18-14-20-31(4)22-24-35(44)39(10)27-33(43)26-37(39,6)7/h11-24,33,36,43,45H,25-27H2,1-10H3/b12-11+,17-13+,18-14+,23-21+,24-22+,28-15+,29-16+,30-19+,31-20+/t33-,36+,39-/m0/s1. The molecule has 2 rings (SSSR count). The van der Waals surface area contributed by atoms with Gasteiger partial charge in [-0.25, -0.2) is 0 Å². The average Bonchev–Trinajstić information content (AvgIpc) is 3.14. The Bertz CT molecular complexity index is 1400. The van der Waals surface area contributed by atoms with E-state index in [0.29, 0.717) is 19.3 Å². The average molecular weight is 837 g/mol. The smallest absolute Gasteiger partial charge is 0.162 e. The number of rotatable bonds is 11. The molecule has 1 fully saturated rings. The van der Waals surface area contributed by atoms with E-state index in [0.717, 1.165) is 16.7 Å².